The van der Waals surface area contributed by atoms with E-state index in [-0.39, 0.29) is 12.4 Å². The van der Waals surface area contributed by atoms with Gasteiger partial charge in [0.15, 0.2) is 5.78 Å². The number of Topliss-reactive ketones (excluding diaryl/α,β-unsaturated/α-hetero) is 1. The minimum absolute atomic E-state index is 0.149. The van der Waals surface area contributed by atoms with Crippen molar-refractivity contribution in [3.05, 3.63) is 28.3 Å². The van der Waals surface area contributed by atoms with Gasteiger partial charge in [0.25, 0.3) is 0 Å². The molecule has 0 aliphatic carbocycles. The average Bonchev–Trinajstić information content (AvgIpc) is 2.14. The second-order valence-corrected chi connectivity index (χ2v) is 3.72. The first-order chi connectivity index (χ1) is 7.77. The van der Waals surface area contributed by atoms with Crippen molar-refractivity contribution in [2.75, 3.05) is 6.61 Å². The van der Waals surface area contributed by atoms with Crippen LogP contribution in [-0.4, -0.2) is 12.4 Å². The number of ketones is 1. The molecule has 0 saturated heterocycles. The van der Waals surface area contributed by atoms with Gasteiger partial charge in [0, 0.05) is 5.56 Å². The van der Waals surface area contributed by atoms with E-state index in [4.69, 9.17) is 16.3 Å². The van der Waals surface area contributed by atoms with Crippen LogP contribution in [0.5, 0.6) is 5.75 Å². The Morgan fingerprint density at radius 2 is 2.00 bits per heavy atom. The third-order valence-electron chi connectivity index (χ3n) is 2.04. The van der Waals surface area contributed by atoms with Crippen molar-refractivity contribution in [1.29, 1.82) is 0 Å². The summed E-state index contributed by atoms with van der Waals surface area (Å²) in [5.41, 5.74) is -1.59. The van der Waals surface area contributed by atoms with Gasteiger partial charge in [0.05, 0.1) is 17.2 Å². The van der Waals surface area contributed by atoms with Crippen LogP contribution in [0.1, 0.15) is 29.8 Å². The normalized spacial score (nSPS) is 11.4. The molecular weight excluding hydrogens is 257 g/mol. The highest BCUT2D eigenvalue weighted by atomic mass is 35.5. The lowest BCUT2D eigenvalue weighted by molar-refractivity contribution is -0.137. The monoisotopic (exact) mass is 266 g/mol. The Bertz CT molecular complexity index is 441. The molecule has 0 spiro atoms. The number of benzene rings is 1. The fourth-order valence-corrected chi connectivity index (χ4v) is 1.71. The Balaban J connectivity index is 3.44. The maximum atomic E-state index is 12.7. The van der Waals surface area contributed by atoms with E-state index in [2.05, 4.69) is 0 Å². The van der Waals surface area contributed by atoms with Crippen molar-refractivity contribution in [3.8, 4) is 5.75 Å². The molecule has 1 aromatic rings. The van der Waals surface area contributed by atoms with Crippen LogP contribution in [0, 0.1) is 0 Å². The highest BCUT2D eigenvalue weighted by Gasteiger charge is 2.37. The minimum Gasteiger partial charge on any atom is -0.494 e. The predicted octanol–water partition coefficient (Wildman–Crippen LogP) is 3.96. The number of carbonyl (C=O) groups is 1. The molecule has 0 aliphatic rings. The van der Waals surface area contributed by atoms with Crippen LogP contribution in [-0.2, 0) is 6.18 Å². The molecule has 17 heavy (non-hydrogen) atoms. The lowest BCUT2D eigenvalue weighted by Gasteiger charge is -2.14. The molecule has 1 aromatic carbocycles. The molecule has 0 amide bonds. The lowest BCUT2D eigenvalue weighted by atomic mass is 10.0. The fraction of sp³-hybridized carbons (Fsp3) is 0.364. The Morgan fingerprint density at radius 3 is 2.41 bits per heavy atom. The van der Waals surface area contributed by atoms with Crippen LogP contribution >= 0.6 is 11.6 Å². The molecule has 0 saturated carbocycles. The molecule has 94 valence electrons. The Morgan fingerprint density at radius 1 is 1.41 bits per heavy atom. The van der Waals surface area contributed by atoms with E-state index in [0.717, 1.165) is 19.1 Å². The van der Waals surface area contributed by atoms with Crippen LogP contribution < -0.4 is 4.74 Å². The number of hydrogen-bond donors (Lipinski definition) is 0. The van der Waals surface area contributed by atoms with E-state index in [1.54, 1.807) is 6.92 Å². The van der Waals surface area contributed by atoms with E-state index in [1.165, 1.54) is 0 Å². The first-order valence-electron chi connectivity index (χ1n) is 4.81. The second kappa shape index (κ2) is 4.96. The van der Waals surface area contributed by atoms with Gasteiger partial charge in [-0.25, -0.2) is 0 Å². The predicted molar refractivity (Wildman–Crippen MR) is 57.6 cm³/mol. The summed E-state index contributed by atoms with van der Waals surface area (Å²) in [6.07, 6.45) is -4.66. The summed E-state index contributed by atoms with van der Waals surface area (Å²) in [4.78, 5) is 11.2. The first kappa shape index (κ1) is 13.8. The van der Waals surface area contributed by atoms with Crippen molar-refractivity contribution in [2.45, 2.75) is 20.0 Å². The topological polar surface area (TPSA) is 26.3 Å². The summed E-state index contributed by atoms with van der Waals surface area (Å²) in [7, 11) is 0. The van der Waals surface area contributed by atoms with Crippen molar-refractivity contribution in [3.63, 3.8) is 0 Å². The highest BCUT2D eigenvalue weighted by Crippen LogP contribution is 2.39. The van der Waals surface area contributed by atoms with Crippen LogP contribution in [0.4, 0.5) is 13.2 Å². The quantitative estimate of drug-likeness (QED) is 0.774. The zero-order chi connectivity index (χ0) is 13.2. The van der Waals surface area contributed by atoms with E-state index in [9.17, 15) is 18.0 Å². The van der Waals surface area contributed by atoms with Crippen molar-refractivity contribution in [1.82, 2.24) is 0 Å². The second-order valence-electron chi connectivity index (χ2n) is 3.31. The van der Waals surface area contributed by atoms with Gasteiger partial charge in [0.1, 0.15) is 5.75 Å². The number of alkyl halides is 3. The summed E-state index contributed by atoms with van der Waals surface area (Å²) in [6.45, 7) is 3.01. The lowest BCUT2D eigenvalue weighted by Crippen LogP contribution is -2.13. The third-order valence-corrected chi connectivity index (χ3v) is 2.34. The van der Waals surface area contributed by atoms with Crippen LogP contribution in [0.15, 0.2) is 12.1 Å². The van der Waals surface area contributed by atoms with Gasteiger partial charge in [-0.1, -0.05) is 11.6 Å². The maximum Gasteiger partial charge on any atom is 0.418 e. The molecule has 6 heteroatoms. The van der Waals surface area contributed by atoms with Gasteiger partial charge in [0.2, 0.25) is 0 Å². The van der Waals surface area contributed by atoms with E-state index in [1.807, 2.05) is 0 Å². The van der Waals surface area contributed by atoms with E-state index >= 15 is 0 Å². The van der Waals surface area contributed by atoms with Crippen molar-refractivity contribution >= 4 is 17.4 Å². The molecule has 0 unspecified atom stereocenters. The van der Waals surface area contributed by atoms with E-state index < -0.39 is 28.1 Å². The SMILES string of the molecule is CCOc1cc(Cl)c(C(F)(F)F)c(C(C)=O)c1. The summed E-state index contributed by atoms with van der Waals surface area (Å²) in [5.74, 6) is -0.559. The summed E-state index contributed by atoms with van der Waals surface area (Å²) < 4.78 is 43.2. The Labute approximate surface area is 101 Å². The molecule has 0 heterocycles. The van der Waals surface area contributed by atoms with Gasteiger partial charge in [-0.15, -0.1) is 0 Å². The summed E-state index contributed by atoms with van der Waals surface area (Å²) in [6, 6.07) is 2.11. The van der Waals surface area contributed by atoms with Crippen LogP contribution in [0.2, 0.25) is 5.02 Å². The molecular formula is C11H10ClF3O2. The molecule has 0 fully saturated rings. The molecule has 0 aliphatic heterocycles. The number of carbonyl (C=O) groups excluding carboxylic acids is 1. The van der Waals surface area contributed by atoms with Gasteiger partial charge in [-0.2, -0.15) is 13.2 Å². The third kappa shape index (κ3) is 3.12. The standard InChI is InChI=1S/C11H10ClF3O2/c1-3-17-7-4-8(6(2)16)10(9(12)5-7)11(13,14)15/h4-5H,3H2,1-2H3. The zero-order valence-electron chi connectivity index (χ0n) is 9.19. The minimum atomic E-state index is -4.66. The fourth-order valence-electron chi connectivity index (χ4n) is 1.40. The van der Waals surface area contributed by atoms with E-state index in [0.29, 0.717) is 0 Å². The Hall–Kier alpha value is -1.23. The summed E-state index contributed by atoms with van der Waals surface area (Å²) >= 11 is 5.55. The van der Waals surface area contributed by atoms with Crippen molar-refractivity contribution in [2.24, 2.45) is 0 Å². The van der Waals surface area contributed by atoms with Crippen LogP contribution in [0.3, 0.4) is 0 Å². The highest BCUT2D eigenvalue weighted by molar-refractivity contribution is 6.32. The molecule has 0 radical (unpaired) electrons. The maximum absolute atomic E-state index is 12.7. The molecule has 0 N–H and O–H groups in total. The molecule has 0 aromatic heterocycles. The van der Waals surface area contributed by atoms with Gasteiger partial charge in [-0.05, 0) is 26.0 Å². The Kier molecular flexibility index (Phi) is 4.03. The molecule has 0 atom stereocenters. The van der Waals surface area contributed by atoms with Gasteiger partial charge < -0.3 is 4.74 Å². The number of hydrogen-bond acceptors (Lipinski definition) is 2. The number of ether oxygens (including phenoxy) is 1. The number of rotatable bonds is 3. The molecule has 0 bridgehead atoms. The van der Waals surface area contributed by atoms with Crippen LogP contribution in [0.25, 0.3) is 0 Å². The van der Waals surface area contributed by atoms with Gasteiger partial charge >= 0.3 is 6.18 Å². The first-order valence-corrected chi connectivity index (χ1v) is 5.19. The van der Waals surface area contributed by atoms with Crippen molar-refractivity contribution < 1.29 is 22.7 Å². The smallest absolute Gasteiger partial charge is 0.418 e. The average molecular weight is 267 g/mol. The largest absolute Gasteiger partial charge is 0.494 e. The summed E-state index contributed by atoms with van der Waals surface area (Å²) in [5, 5.41) is -0.534. The van der Waals surface area contributed by atoms with Gasteiger partial charge in [-0.3, -0.25) is 4.79 Å². The molecule has 2 nitrogen and oxygen atoms in total. The number of halogens is 4. The zero-order valence-corrected chi connectivity index (χ0v) is 9.95. The molecule has 1 rings (SSSR count).